The maximum absolute atomic E-state index is 12.5. The highest BCUT2D eigenvalue weighted by molar-refractivity contribution is 7.13. The minimum atomic E-state index is -0.411. The summed E-state index contributed by atoms with van der Waals surface area (Å²) in [5.41, 5.74) is 0.924. The van der Waals surface area contributed by atoms with Gasteiger partial charge in [-0.2, -0.15) is 0 Å². The molecule has 3 aromatic rings. The van der Waals surface area contributed by atoms with E-state index < -0.39 is 5.91 Å². The summed E-state index contributed by atoms with van der Waals surface area (Å²) in [7, 11) is 3.02. The number of carbonyl (C=O) groups excluding carboxylic acids is 2. The summed E-state index contributed by atoms with van der Waals surface area (Å²) in [6.07, 6.45) is 0. The molecule has 160 valence electrons. The van der Waals surface area contributed by atoms with Gasteiger partial charge >= 0.3 is 0 Å². The lowest BCUT2D eigenvalue weighted by Gasteiger charge is -2.08. The Morgan fingerprint density at radius 2 is 1.74 bits per heavy atom. The predicted octanol–water partition coefficient (Wildman–Crippen LogP) is 2.47. The summed E-state index contributed by atoms with van der Waals surface area (Å²) in [5.74, 6) is 1.45. The molecule has 2 N–H and O–H groups in total. The molecule has 1 aliphatic heterocycles. The zero-order valence-corrected chi connectivity index (χ0v) is 17.4. The molecule has 0 atom stereocenters. The summed E-state index contributed by atoms with van der Waals surface area (Å²) in [6, 6.07) is 9.96. The Hall–Kier alpha value is -3.86. The second-order valence-corrected chi connectivity index (χ2v) is 7.37. The van der Waals surface area contributed by atoms with Crippen LogP contribution in [0.5, 0.6) is 23.0 Å². The first-order chi connectivity index (χ1) is 15.1. The van der Waals surface area contributed by atoms with Crippen LogP contribution in [0.25, 0.3) is 0 Å². The van der Waals surface area contributed by atoms with Gasteiger partial charge in [-0.15, -0.1) is 10.2 Å². The van der Waals surface area contributed by atoms with Crippen LogP contribution < -0.4 is 29.6 Å². The van der Waals surface area contributed by atoms with Crippen LogP contribution in [0.4, 0.5) is 5.69 Å². The van der Waals surface area contributed by atoms with Crippen LogP contribution >= 0.6 is 11.3 Å². The normalized spacial score (nSPS) is 11.7. The van der Waals surface area contributed by atoms with Crippen LogP contribution in [0.3, 0.4) is 0 Å². The Labute approximate surface area is 181 Å². The lowest BCUT2D eigenvalue weighted by molar-refractivity contribution is 0.0949. The lowest BCUT2D eigenvalue weighted by atomic mass is 10.2. The maximum atomic E-state index is 12.5. The van der Waals surface area contributed by atoms with Crippen molar-refractivity contribution >= 4 is 28.8 Å². The van der Waals surface area contributed by atoms with Crippen molar-refractivity contribution in [2.75, 3.05) is 26.3 Å². The number of anilines is 1. The number of rotatable bonds is 7. The molecule has 11 heteroatoms. The Balaban J connectivity index is 1.36. The molecule has 0 fully saturated rings. The van der Waals surface area contributed by atoms with Crippen LogP contribution in [-0.4, -0.2) is 43.0 Å². The van der Waals surface area contributed by atoms with Crippen molar-refractivity contribution in [1.82, 2.24) is 15.5 Å². The summed E-state index contributed by atoms with van der Waals surface area (Å²) < 4.78 is 20.9. The average Bonchev–Trinajstić information content (AvgIpc) is 3.46. The van der Waals surface area contributed by atoms with E-state index in [-0.39, 0.29) is 24.3 Å². The van der Waals surface area contributed by atoms with Gasteiger partial charge in [0, 0.05) is 23.4 Å². The largest absolute Gasteiger partial charge is 0.497 e. The van der Waals surface area contributed by atoms with Gasteiger partial charge in [0.15, 0.2) is 11.5 Å². The van der Waals surface area contributed by atoms with Crippen molar-refractivity contribution in [3.63, 3.8) is 0 Å². The number of amides is 2. The molecule has 0 bridgehead atoms. The SMILES string of the molecule is COc1cc(OC)cc(C(=O)NCc2nnc(C(=O)Nc3ccc4c(c3)OCO4)s2)c1. The van der Waals surface area contributed by atoms with Gasteiger partial charge in [-0.3, -0.25) is 9.59 Å². The highest BCUT2D eigenvalue weighted by Gasteiger charge is 2.17. The lowest BCUT2D eigenvalue weighted by Crippen LogP contribution is -2.22. The van der Waals surface area contributed by atoms with E-state index in [9.17, 15) is 9.59 Å². The fourth-order valence-electron chi connectivity index (χ4n) is 2.77. The average molecular weight is 442 g/mol. The molecule has 0 aliphatic carbocycles. The number of ether oxygens (including phenoxy) is 4. The molecule has 1 aromatic heterocycles. The molecule has 1 aliphatic rings. The molecule has 0 spiro atoms. The fraction of sp³-hybridized carbons (Fsp3) is 0.200. The zero-order chi connectivity index (χ0) is 21.8. The zero-order valence-electron chi connectivity index (χ0n) is 16.6. The van der Waals surface area contributed by atoms with Crippen LogP contribution in [0.1, 0.15) is 25.2 Å². The van der Waals surface area contributed by atoms with Crippen molar-refractivity contribution in [1.29, 1.82) is 0 Å². The molecule has 0 saturated carbocycles. The van der Waals surface area contributed by atoms with E-state index in [0.29, 0.717) is 39.3 Å². The smallest absolute Gasteiger partial charge is 0.286 e. The van der Waals surface area contributed by atoms with Gasteiger partial charge in [0.2, 0.25) is 11.8 Å². The molecule has 2 aromatic carbocycles. The monoisotopic (exact) mass is 442 g/mol. The molecular formula is C20H18N4O6S. The Morgan fingerprint density at radius 1 is 1.00 bits per heavy atom. The van der Waals surface area contributed by atoms with Crippen molar-refractivity contribution in [2.45, 2.75) is 6.54 Å². The van der Waals surface area contributed by atoms with Crippen LogP contribution in [-0.2, 0) is 6.54 Å². The van der Waals surface area contributed by atoms with E-state index in [1.165, 1.54) is 14.2 Å². The number of hydrogen-bond acceptors (Lipinski definition) is 9. The molecule has 0 radical (unpaired) electrons. The van der Waals surface area contributed by atoms with E-state index in [1.807, 2.05) is 0 Å². The van der Waals surface area contributed by atoms with Gasteiger partial charge in [0.1, 0.15) is 16.5 Å². The third-order valence-corrected chi connectivity index (χ3v) is 5.23. The highest BCUT2D eigenvalue weighted by atomic mass is 32.1. The first-order valence-corrected chi connectivity index (χ1v) is 9.92. The topological polar surface area (TPSA) is 121 Å². The number of methoxy groups -OCH3 is 2. The first-order valence-electron chi connectivity index (χ1n) is 9.10. The van der Waals surface area contributed by atoms with Crippen molar-refractivity contribution < 1.29 is 28.5 Å². The fourth-order valence-corrected chi connectivity index (χ4v) is 3.45. The summed E-state index contributed by atoms with van der Waals surface area (Å²) >= 11 is 1.08. The van der Waals surface area contributed by atoms with Crippen LogP contribution in [0.2, 0.25) is 0 Å². The summed E-state index contributed by atoms with van der Waals surface area (Å²) in [4.78, 5) is 24.9. The Morgan fingerprint density at radius 3 is 2.48 bits per heavy atom. The van der Waals surface area contributed by atoms with Crippen LogP contribution in [0, 0.1) is 0 Å². The molecule has 31 heavy (non-hydrogen) atoms. The summed E-state index contributed by atoms with van der Waals surface area (Å²) in [6.45, 7) is 0.272. The second-order valence-electron chi connectivity index (χ2n) is 6.31. The van der Waals surface area contributed by atoms with Gasteiger partial charge in [-0.1, -0.05) is 11.3 Å². The number of nitrogens with one attached hydrogen (secondary N) is 2. The minimum absolute atomic E-state index is 0.118. The first kappa shape index (κ1) is 20.4. The molecule has 4 rings (SSSR count). The van der Waals surface area contributed by atoms with E-state index in [0.717, 1.165) is 11.3 Å². The Kier molecular flexibility index (Phi) is 5.85. The number of fused-ring (bicyclic) bond motifs is 1. The molecule has 0 saturated heterocycles. The number of aromatic nitrogens is 2. The molecule has 10 nitrogen and oxygen atoms in total. The van der Waals surface area contributed by atoms with Gasteiger partial charge in [-0.05, 0) is 24.3 Å². The standard InChI is InChI=1S/C20H18N4O6S/c1-27-13-5-11(6-14(8-13)28-2)18(25)21-9-17-23-24-20(31-17)19(26)22-12-3-4-15-16(7-12)30-10-29-15/h3-8H,9-10H2,1-2H3,(H,21,25)(H,22,26). The van der Waals surface area contributed by atoms with Crippen molar-refractivity contribution in [3.05, 3.63) is 52.0 Å². The third kappa shape index (κ3) is 4.67. The predicted molar refractivity (Wildman–Crippen MR) is 111 cm³/mol. The van der Waals surface area contributed by atoms with Gasteiger partial charge in [0.25, 0.3) is 11.8 Å². The highest BCUT2D eigenvalue weighted by Crippen LogP contribution is 2.34. The number of carbonyl (C=O) groups is 2. The minimum Gasteiger partial charge on any atom is -0.497 e. The van der Waals surface area contributed by atoms with Gasteiger partial charge in [0.05, 0.1) is 20.8 Å². The molecular weight excluding hydrogens is 424 g/mol. The van der Waals surface area contributed by atoms with E-state index >= 15 is 0 Å². The van der Waals surface area contributed by atoms with Crippen LogP contribution in [0.15, 0.2) is 36.4 Å². The third-order valence-electron chi connectivity index (χ3n) is 4.31. The molecule has 0 unspecified atom stereocenters. The van der Waals surface area contributed by atoms with E-state index in [2.05, 4.69) is 20.8 Å². The van der Waals surface area contributed by atoms with E-state index in [1.54, 1.807) is 36.4 Å². The quantitative estimate of drug-likeness (QED) is 0.572. The Bertz CT molecular complexity index is 1110. The molecule has 2 heterocycles. The van der Waals surface area contributed by atoms with Gasteiger partial charge in [-0.25, -0.2) is 0 Å². The van der Waals surface area contributed by atoms with Crippen molar-refractivity contribution in [2.24, 2.45) is 0 Å². The molecule has 2 amide bonds. The van der Waals surface area contributed by atoms with E-state index in [4.69, 9.17) is 18.9 Å². The second kappa shape index (κ2) is 8.88. The number of nitrogens with zero attached hydrogens (tertiary/aromatic N) is 2. The van der Waals surface area contributed by atoms with Gasteiger partial charge < -0.3 is 29.6 Å². The number of benzene rings is 2. The van der Waals surface area contributed by atoms with Crippen molar-refractivity contribution in [3.8, 4) is 23.0 Å². The maximum Gasteiger partial charge on any atom is 0.286 e. The number of hydrogen-bond donors (Lipinski definition) is 2. The summed E-state index contributed by atoms with van der Waals surface area (Å²) in [5, 5.41) is 14.0.